The number of carbonyl (C=O) groups excluding carboxylic acids is 1. The zero-order valence-electron chi connectivity index (χ0n) is 7.25. The molecule has 0 aromatic heterocycles. The van der Waals surface area contributed by atoms with Gasteiger partial charge in [0, 0.05) is 10.2 Å². The zero-order chi connectivity index (χ0) is 9.84. The van der Waals surface area contributed by atoms with Gasteiger partial charge in [0.2, 0.25) is 5.91 Å². The van der Waals surface area contributed by atoms with Gasteiger partial charge >= 0.3 is 0 Å². The van der Waals surface area contributed by atoms with Gasteiger partial charge in [-0.25, -0.2) is 0 Å². The molecule has 0 radical (unpaired) electrons. The molecule has 0 aliphatic carbocycles. The number of nitrogens with two attached hydrogens (primary N) is 1. The fraction of sp³-hybridized carbons (Fsp3) is 0.222. The summed E-state index contributed by atoms with van der Waals surface area (Å²) < 4.78 is 1.00. The third kappa shape index (κ3) is 3.06. The van der Waals surface area contributed by atoms with Gasteiger partial charge in [-0.2, -0.15) is 0 Å². The molecule has 3 nitrogen and oxygen atoms in total. The summed E-state index contributed by atoms with van der Waals surface area (Å²) in [6, 6.07) is 7.21. The van der Waals surface area contributed by atoms with E-state index in [0.29, 0.717) is 0 Å². The SMILES string of the molecule is C[C@@H](Nc1ccc(Br)cc1)C(N)=O. The van der Waals surface area contributed by atoms with Gasteiger partial charge in [-0.05, 0) is 31.2 Å². The molecular weight excluding hydrogens is 232 g/mol. The predicted octanol–water partition coefficient (Wildman–Crippen LogP) is 1.73. The van der Waals surface area contributed by atoms with Gasteiger partial charge in [-0.1, -0.05) is 15.9 Å². The molecule has 0 saturated heterocycles. The van der Waals surface area contributed by atoms with Crippen molar-refractivity contribution in [1.29, 1.82) is 0 Å². The van der Waals surface area contributed by atoms with Crippen molar-refractivity contribution in [3.8, 4) is 0 Å². The third-order valence-corrected chi connectivity index (χ3v) is 2.18. The van der Waals surface area contributed by atoms with Crippen LogP contribution in [0.2, 0.25) is 0 Å². The van der Waals surface area contributed by atoms with E-state index in [-0.39, 0.29) is 11.9 Å². The third-order valence-electron chi connectivity index (χ3n) is 1.65. The second-order valence-electron chi connectivity index (χ2n) is 2.78. The molecule has 0 fully saturated rings. The Morgan fingerprint density at radius 1 is 1.46 bits per heavy atom. The van der Waals surface area contributed by atoms with Gasteiger partial charge in [-0.15, -0.1) is 0 Å². The maximum absolute atomic E-state index is 10.7. The van der Waals surface area contributed by atoms with Gasteiger partial charge in [0.25, 0.3) is 0 Å². The fourth-order valence-electron chi connectivity index (χ4n) is 0.867. The predicted molar refractivity (Wildman–Crippen MR) is 56.4 cm³/mol. The molecule has 0 spiro atoms. The Labute approximate surface area is 85.4 Å². The molecule has 4 heteroatoms. The van der Waals surface area contributed by atoms with Crippen molar-refractivity contribution in [2.45, 2.75) is 13.0 Å². The average Bonchev–Trinajstić information content (AvgIpc) is 2.08. The zero-order valence-corrected chi connectivity index (χ0v) is 8.84. The highest BCUT2D eigenvalue weighted by Gasteiger charge is 2.06. The van der Waals surface area contributed by atoms with Crippen molar-refractivity contribution in [2.75, 3.05) is 5.32 Å². The highest BCUT2D eigenvalue weighted by Crippen LogP contribution is 2.14. The molecular formula is C9H11BrN2O. The molecule has 0 heterocycles. The van der Waals surface area contributed by atoms with E-state index in [1.54, 1.807) is 6.92 Å². The fourth-order valence-corrected chi connectivity index (χ4v) is 1.13. The molecule has 0 aliphatic rings. The van der Waals surface area contributed by atoms with Crippen molar-refractivity contribution in [1.82, 2.24) is 0 Å². The molecule has 1 aromatic rings. The summed E-state index contributed by atoms with van der Waals surface area (Å²) in [5.41, 5.74) is 5.99. The first-order chi connectivity index (χ1) is 6.09. The van der Waals surface area contributed by atoms with Gasteiger partial charge in [-0.3, -0.25) is 4.79 Å². The summed E-state index contributed by atoms with van der Waals surface area (Å²) >= 11 is 3.32. The molecule has 13 heavy (non-hydrogen) atoms. The lowest BCUT2D eigenvalue weighted by Gasteiger charge is -2.10. The highest BCUT2D eigenvalue weighted by atomic mass is 79.9. The summed E-state index contributed by atoms with van der Waals surface area (Å²) in [6.07, 6.45) is 0. The Morgan fingerprint density at radius 3 is 2.46 bits per heavy atom. The van der Waals surface area contributed by atoms with Crippen LogP contribution >= 0.6 is 15.9 Å². The lowest BCUT2D eigenvalue weighted by molar-refractivity contribution is -0.118. The largest absolute Gasteiger partial charge is 0.374 e. The van der Waals surface area contributed by atoms with E-state index >= 15 is 0 Å². The molecule has 1 amide bonds. The Kier molecular flexibility index (Phi) is 3.31. The van der Waals surface area contributed by atoms with Gasteiger partial charge in [0.05, 0.1) is 0 Å². The van der Waals surface area contributed by atoms with E-state index in [2.05, 4.69) is 21.2 Å². The highest BCUT2D eigenvalue weighted by molar-refractivity contribution is 9.10. The van der Waals surface area contributed by atoms with Crippen LogP contribution in [0.3, 0.4) is 0 Å². The van der Waals surface area contributed by atoms with Gasteiger partial charge in [0.1, 0.15) is 6.04 Å². The summed E-state index contributed by atoms with van der Waals surface area (Å²) in [6.45, 7) is 1.73. The summed E-state index contributed by atoms with van der Waals surface area (Å²) in [7, 11) is 0. The molecule has 3 N–H and O–H groups in total. The van der Waals surface area contributed by atoms with Crippen molar-refractivity contribution in [3.05, 3.63) is 28.7 Å². The number of primary amides is 1. The standard InChI is InChI=1S/C9H11BrN2O/c1-6(9(11)13)12-8-4-2-7(10)3-5-8/h2-6,12H,1H3,(H2,11,13)/t6-/m1/s1. The van der Waals surface area contributed by atoms with E-state index < -0.39 is 0 Å². The van der Waals surface area contributed by atoms with Crippen molar-refractivity contribution >= 4 is 27.5 Å². The number of hydrogen-bond donors (Lipinski definition) is 2. The second kappa shape index (κ2) is 4.28. The summed E-state index contributed by atoms with van der Waals surface area (Å²) in [5, 5.41) is 2.97. The van der Waals surface area contributed by atoms with Crippen LogP contribution in [0.4, 0.5) is 5.69 Å². The van der Waals surface area contributed by atoms with Gasteiger partial charge in [0.15, 0.2) is 0 Å². The lowest BCUT2D eigenvalue weighted by atomic mass is 10.2. The smallest absolute Gasteiger partial charge is 0.239 e. The van der Waals surface area contributed by atoms with E-state index in [4.69, 9.17) is 5.73 Å². The monoisotopic (exact) mass is 242 g/mol. The minimum Gasteiger partial charge on any atom is -0.374 e. The van der Waals surface area contributed by atoms with Crippen molar-refractivity contribution in [2.24, 2.45) is 5.73 Å². The van der Waals surface area contributed by atoms with E-state index in [0.717, 1.165) is 10.2 Å². The van der Waals surface area contributed by atoms with Crippen LogP contribution in [0, 0.1) is 0 Å². The summed E-state index contributed by atoms with van der Waals surface area (Å²) in [4.78, 5) is 10.7. The topological polar surface area (TPSA) is 55.1 Å². The van der Waals surface area contributed by atoms with Crippen molar-refractivity contribution < 1.29 is 4.79 Å². The van der Waals surface area contributed by atoms with E-state index in [9.17, 15) is 4.79 Å². The first-order valence-corrected chi connectivity index (χ1v) is 4.70. The molecule has 0 aliphatic heterocycles. The van der Waals surface area contributed by atoms with Crippen LogP contribution in [0.5, 0.6) is 0 Å². The molecule has 70 valence electrons. The molecule has 0 unspecified atom stereocenters. The first kappa shape index (κ1) is 10.1. The second-order valence-corrected chi connectivity index (χ2v) is 3.69. The van der Waals surface area contributed by atoms with Crippen LogP contribution in [0.25, 0.3) is 0 Å². The number of carbonyl (C=O) groups is 1. The number of rotatable bonds is 3. The van der Waals surface area contributed by atoms with Crippen LogP contribution in [-0.2, 0) is 4.79 Å². The van der Waals surface area contributed by atoms with Crippen LogP contribution in [0.1, 0.15) is 6.92 Å². The average molecular weight is 243 g/mol. The van der Waals surface area contributed by atoms with Crippen molar-refractivity contribution in [3.63, 3.8) is 0 Å². The minimum atomic E-state index is -0.358. The number of hydrogen-bond acceptors (Lipinski definition) is 2. The normalized spacial score (nSPS) is 12.2. The molecule has 1 atom stereocenters. The Morgan fingerprint density at radius 2 is 2.00 bits per heavy atom. The van der Waals surface area contributed by atoms with Gasteiger partial charge < -0.3 is 11.1 Å². The first-order valence-electron chi connectivity index (χ1n) is 3.91. The number of amides is 1. The Balaban J connectivity index is 2.64. The van der Waals surface area contributed by atoms with Crippen LogP contribution in [-0.4, -0.2) is 11.9 Å². The number of benzene rings is 1. The molecule has 0 bridgehead atoms. The quantitative estimate of drug-likeness (QED) is 0.849. The van der Waals surface area contributed by atoms with Crippen LogP contribution < -0.4 is 11.1 Å². The number of nitrogens with one attached hydrogen (secondary N) is 1. The lowest BCUT2D eigenvalue weighted by Crippen LogP contribution is -2.32. The molecule has 1 aromatic carbocycles. The van der Waals surface area contributed by atoms with E-state index in [1.165, 1.54) is 0 Å². The maximum Gasteiger partial charge on any atom is 0.239 e. The molecule has 1 rings (SSSR count). The summed E-state index contributed by atoms with van der Waals surface area (Å²) in [5.74, 6) is -0.358. The Hall–Kier alpha value is -1.03. The minimum absolute atomic E-state index is 0.346. The number of halogens is 1. The Bertz CT molecular complexity index is 297. The number of anilines is 1. The van der Waals surface area contributed by atoms with Crippen LogP contribution in [0.15, 0.2) is 28.7 Å². The maximum atomic E-state index is 10.7. The van der Waals surface area contributed by atoms with E-state index in [1.807, 2.05) is 24.3 Å². The molecule has 0 saturated carbocycles.